The molecule has 0 saturated carbocycles. The number of rotatable bonds is 8. The average molecular weight is 485 g/mol. The van der Waals surface area contributed by atoms with Gasteiger partial charge in [-0.1, -0.05) is 72.8 Å². The van der Waals surface area contributed by atoms with E-state index >= 15 is 0 Å². The standard InChI is InChI=1S/C30H36N4O2/c1-20-17-25(21(2)16-24(20)18-31)19-33-29(35)26-14-9-15-34(26)30(36)28(32)27(22-10-5-3-6-11-22)23-12-7-4-8-13-23/h3-8,10-13,16-17,26-28H,9,14-15,18-19,31-32H2,1-2H3,(H,33,35)/t26?,28-/m1/s1. The number of amides is 2. The number of hydrogen-bond acceptors (Lipinski definition) is 4. The maximum atomic E-state index is 13.7. The minimum Gasteiger partial charge on any atom is -0.350 e. The van der Waals surface area contributed by atoms with Crippen molar-refractivity contribution in [3.05, 3.63) is 106 Å². The van der Waals surface area contributed by atoms with Crippen LogP contribution in [0.2, 0.25) is 0 Å². The lowest BCUT2D eigenvalue weighted by molar-refractivity contribution is -0.139. The molecule has 0 aliphatic carbocycles. The Balaban J connectivity index is 1.50. The summed E-state index contributed by atoms with van der Waals surface area (Å²) in [5, 5.41) is 3.06. The maximum absolute atomic E-state index is 13.7. The van der Waals surface area contributed by atoms with Crippen molar-refractivity contribution in [1.29, 1.82) is 0 Å². The van der Waals surface area contributed by atoms with Gasteiger partial charge in [-0.15, -0.1) is 0 Å². The van der Waals surface area contributed by atoms with Gasteiger partial charge in [0.1, 0.15) is 6.04 Å². The SMILES string of the molecule is Cc1cc(CNC(=O)C2CCCN2C(=O)[C@H](N)C(c2ccccc2)c2ccccc2)c(C)cc1CN. The molecule has 0 radical (unpaired) electrons. The second kappa shape index (κ2) is 11.5. The number of aryl methyl sites for hydroxylation is 2. The van der Waals surface area contributed by atoms with Crippen LogP contribution in [0, 0.1) is 13.8 Å². The van der Waals surface area contributed by atoms with Gasteiger partial charge in [-0.3, -0.25) is 9.59 Å². The fourth-order valence-corrected chi connectivity index (χ4v) is 5.21. The van der Waals surface area contributed by atoms with Crippen molar-refractivity contribution in [2.24, 2.45) is 11.5 Å². The molecule has 1 unspecified atom stereocenters. The van der Waals surface area contributed by atoms with E-state index in [4.69, 9.17) is 11.5 Å². The van der Waals surface area contributed by atoms with E-state index in [0.29, 0.717) is 26.1 Å². The Labute approximate surface area is 213 Å². The first-order chi connectivity index (χ1) is 17.4. The molecule has 3 aromatic carbocycles. The van der Waals surface area contributed by atoms with E-state index in [9.17, 15) is 9.59 Å². The van der Waals surface area contributed by atoms with Crippen LogP contribution < -0.4 is 16.8 Å². The van der Waals surface area contributed by atoms with Gasteiger partial charge in [0.2, 0.25) is 11.8 Å². The lowest BCUT2D eigenvalue weighted by atomic mass is 9.84. The van der Waals surface area contributed by atoms with Crippen molar-refractivity contribution in [3.8, 4) is 0 Å². The summed E-state index contributed by atoms with van der Waals surface area (Å²) in [4.78, 5) is 28.6. The summed E-state index contributed by atoms with van der Waals surface area (Å²) < 4.78 is 0. The minimum atomic E-state index is -0.795. The molecular formula is C30H36N4O2. The third-order valence-electron chi connectivity index (χ3n) is 7.27. The highest BCUT2D eigenvalue weighted by molar-refractivity contribution is 5.91. The Hall–Kier alpha value is -3.48. The zero-order valence-electron chi connectivity index (χ0n) is 21.1. The molecule has 1 fully saturated rings. The minimum absolute atomic E-state index is 0.135. The third kappa shape index (κ3) is 5.50. The van der Waals surface area contributed by atoms with Crippen LogP contribution in [0.25, 0.3) is 0 Å². The summed E-state index contributed by atoms with van der Waals surface area (Å²) >= 11 is 0. The van der Waals surface area contributed by atoms with Crippen molar-refractivity contribution in [2.75, 3.05) is 6.54 Å². The summed E-state index contributed by atoms with van der Waals surface area (Å²) in [6, 6.07) is 22.6. The van der Waals surface area contributed by atoms with E-state index in [0.717, 1.165) is 39.8 Å². The fourth-order valence-electron chi connectivity index (χ4n) is 5.21. The molecular weight excluding hydrogens is 448 g/mol. The highest BCUT2D eigenvalue weighted by Gasteiger charge is 2.39. The van der Waals surface area contributed by atoms with Crippen molar-refractivity contribution >= 4 is 11.8 Å². The van der Waals surface area contributed by atoms with Crippen LogP contribution in [-0.2, 0) is 22.7 Å². The fraction of sp³-hybridized carbons (Fsp3) is 0.333. The molecule has 2 atom stereocenters. The molecule has 6 heteroatoms. The monoisotopic (exact) mass is 484 g/mol. The highest BCUT2D eigenvalue weighted by atomic mass is 16.2. The number of likely N-dealkylation sites (tertiary alicyclic amines) is 1. The quantitative estimate of drug-likeness (QED) is 0.455. The lowest BCUT2D eigenvalue weighted by Crippen LogP contribution is -2.52. The van der Waals surface area contributed by atoms with E-state index in [1.807, 2.05) is 74.5 Å². The molecule has 36 heavy (non-hydrogen) atoms. The van der Waals surface area contributed by atoms with E-state index in [-0.39, 0.29) is 17.7 Å². The Bertz CT molecular complexity index is 1160. The predicted molar refractivity (Wildman–Crippen MR) is 143 cm³/mol. The first kappa shape index (κ1) is 25.6. The van der Waals surface area contributed by atoms with Gasteiger partial charge in [-0.25, -0.2) is 0 Å². The van der Waals surface area contributed by atoms with Crippen LogP contribution in [-0.4, -0.2) is 35.3 Å². The first-order valence-corrected chi connectivity index (χ1v) is 12.6. The first-order valence-electron chi connectivity index (χ1n) is 12.6. The molecule has 5 N–H and O–H groups in total. The number of nitrogens with two attached hydrogens (primary N) is 2. The summed E-state index contributed by atoms with van der Waals surface area (Å²) in [5.74, 6) is -0.621. The topological polar surface area (TPSA) is 101 Å². The van der Waals surface area contributed by atoms with Crippen LogP contribution in [0.15, 0.2) is 72.8 Å². The zero-order valence-corrected chi connectivity index (χ0v) is 21.1. The van der Waals surface area contributed by atoms with Crippen LogP contribution in [0.4, 0.5) is 0 Å². The number of carbonyl (C=O) groups is 2. The van der Waals surface area contributed by atoms with E-state index in [2.05, 4.69) is 17.4 Å². The van der Waals surface area contributed by atoms with Gasteiger partial charge in [0.15, 0.2) is 0 Å². The zero-order chi connectivity index (χ0) is 25.7. The van der Waals surface area contributed by atoms with Crippen molar-refractivity contribution in [3.63, 3.8) is 0 Å². The molecule has 4 rings (SSSR count). The molecule has 2 amide bonds. The van der Waals surface area contributed by atoms with Gasteiger partial charge < -0.3 is 21.7 Å². The van der Waals surface area contributed by atoms with E-state index in [1.54, 1.807) is 4.90 Å². The molecule has 1 aliphatic rings. The lowest BCUT2D eigenvalue weighted by Gasteiger charge is -2.31. The number of benzene rings is 3. The number of hydrogen-bond donors (Lipinski definition) is 3. The Morgan fingerprint density at radius 3 is 2.08 bits per heavy atom. The molecule has 1 aliphatic heterocycles. The second-order valence-electron chi connectivity index (χ2n) is 9.64. The van der Waals surface area contributed by atoms with E-state index < -0.39 is 12.1 Å². The van der Waals surface area contributed by atoms with Crippen LogP contribution in [0.1, 0.15) is 52.1 Å². The second-order valence-corrected chi connectivity index (χ2v) is 9.64. The molecule has 0 spiro atoms. The molecule has 3 aromatic rings. The number of nitrogens with one attached hydrogen (secondary N) is 1. The Morgan fingerprint density at radius 1 is 0.944 bits per heavy atom. The Kier molecular flexibility index (Phi) is 8.18. The molecule has 1 saturated heterocycles. The number of nitrogens with zero attached hydrogens (tertiary/aromatic N) is 1. The Morgan fingerprint density at radius 2 is 1.50 bits per heavy atom. The molecule has 0 aromatic heterocycles. The van der Waals surface area contributed by atoms with Crippen molar-refractivity contribution in [1.82, 2.24) is 10.2 Å². The third-order valence-corrected chi connectivity index (χ3v) is 7.27. The largest absolute Gasteiger partial charge is 0.350 e. The number of carbonyl (C=O) groups excluding carboxylic acids is 2. The normalized spacial score (nSPS) is 16.2. The smallest absolute Gasteiger partial charge is 0.243 e. The van der Waals surface area contributed by atoms with Crippen LogP contribution in [0.5, 0.6) is 0 Å². The van der Waals surface area contributed by atoms with Gasteiger partial charge >= 0.3 is 0 Å². The molecule has 0 bridgehead atoms. The van der Waals surface area contributed by atoms with Gasteiger partial charge in [0.05, 0.1) is 6.04 Å². The van der Waals surface area contributed by atoms with Crippen molar-refractivity contribution in [2.45, 2.75) is 57.8 Å². The molecule has 6 nitrogen and oxygen atoms in total. The van der Waals surface area contributed by atoms with Gasteiger partial charge in [0.25, 0.3) is 0 Å². The maximum Gasteiger partial charge on any atom is 0.243 e. The molecule has 188 valence electrons. The van der Waals surface area contributed by atoms with Crippen molar-refractivity contribution < 1.29 is 9.59 Å². The summed E-state index contributed by atoms with van der Waals surface area (Å²) in [5.41, 5.74) is 18.8. The van der Waals surface area contributed by atoms with Gasteiger partial charge in [-0.05, 0) is 60.1 Å². The average Bonchev–Trinajstić information content (AvgIpc) is 3.40. The van der Waals surface area contributed by atoms with Crippen LogP contribution in [0.3, 0.4) is 0 Å². The van der Waals surface area contributed by atoms with Gasteiger partial charge in [-0.2, -0.15) is 0 Å². The van der Waals surface area contributed by atoms with Gasteiger partial charge in [0, 0.05) is 25.6 Å². The summed E-state index contributed by atoms with van der Waals surface area (Å²) in [6.45, 7) is 5.49. The highest BCUT2D eigenvalue weighted by Crippen LogP contribution is 2.30. The summed E-state index contributed by atoms with van der Waals surface area (Å²) in [6.07, 6.45) is 1.41. The van der Waals surface area contributed by atoms with Crippen LogP contribution >= 0.6 is 0 Å². The summed E-state index contributed by atoms with van der Waals surface area (Å²) in [7, 11) is 0. The molecule has 1 heterocycles. The van der Waals surface area contributed by atoms with E-state index in [1.165, 1.54) is 0 Å². The predicted octanol–water partition coefficient (Wildman–Crippen LogP) is 3.53.